The Bertz CT molecular complexity index is 167. The van der Waals surface area contributed by atoms with Crippen LogP contribution in [-0.2, 0) is 14.3 Å². The molecule has 0 aromatic rings. The molecule has 0 spiro atoms. The lowest BCUT2D eigenvalue weighted by Crippen LogP contribution is -2.00. The SMILES string of the molecule is C=CC(=O)OCCCC.C=COC=C. The van der Waals surface area contributed by atoms with Crippen LogP contribution >= 0.6 is 0 Å². The highest BCUT2D eigenvalue weighted by Crippen LogP contribution is 1.88. The lowest BCUT2D eigenvalue weighted by molar-refractivity contribution is -0.137. The van der Waals surface area contributed by atoms with Crippen molar-refractivity contribution < 1.29 is 14.3 Å². The Labute approximate surface area is 85.7 Å². The Balaban J connectivity index is 0. The lowest BCUT2D eigenvalue weighted by Gasteiger charge is -1.97. The zero-order chi connectivity index (χ0) is 11.2. The van der Waals surface area contributed by atoms with E-state index in [4.69, 9.17) is 0 Å². The summed E-state index contributed by atoms with van der Waals surface area (Å²) < 4.78 is 9.04. The van der Waals surface area contributed by atoms with Crippen LogP contribution in [0.4, 0.5) is 0 Å². The van der Waals surface area contributed by atoms with Gasteiger partial charge in [-0.05, 0) is 6.42 Å². The number of esters is 1. The van der Waals surface area contributed by atoms with Crippen molar-refractivity contribution in [2.24, 2.45) is 0 Å². The highest BCUT2D eigenvalue weighted by Gasteiger charge is 1.91. The molecule has 0 aliphatic rings. The van der Waals surface area contributed by atoms with Gasteiger partial charge >= 0.3 is 5.97 Å². The van der Waals surface area contributed by atoms with Gasteiger partial charge in [0.25, 0.3) is 0 Å². The van der Waals surface area contributed by atoms with Crippen molar-refractivity contribution in [3.05, 3.63) is 38.3 Å². The molecule has 0 bridgehead atoms. The second-order valence-electron chi connectivity index (χ2n) is 2.19. The number of carbonyl (C=O) groups excluding carboxylic acids is 1. The molecule has 0 aliphatic carbocycles. The second kappa shape index (κ2) is 14.0. The van der Waals surface area contributed by atoms with Crippen LogP contribution in [0.2, 0.25) is 0 Å². The van der Waals surface area contributed by atoms with Crippen LogP contribution in [0.1, 0.15) is 19.8 Å². The molecule has 3 heteroatoms. The monoisotopic (exact) mass is 198 g/mol. The van der Waals surface area contributed by atoms with Gasteiger partial charge in [-0.1, -0.05) is 33.1 Å². The summed E-state index contributed by atoms with van der Waals surface area (Å²) in [6.45, 7) is 12.3. The zero-order valence-electron chi connectivity index (χ0n) is 8.70. The summed E-state index contributed by atoms with van der Waals surface area (Å²) in [5.74, 6) is -0.330. The molecule has 0 unspecified atom stereocenters. The maximum Gasteiger partial charge on any atom is 0.330 e. The number of rotatable bonds is 6. The first-order valence-corrected chi connectivity index (χ1v) is 4.39. The maximum atomic E-state index is 10.3. The molecule has 0 aromatic carbocycles. The Morgan fingerprint density at radius 2 is 1.86 bits per heavy atom. The van der Waals surface area contributed by atoms with Crippen molar-refractivity contribution in [3.8, 4) is 0 Å². The quantitative estimate of drug-likeness (QED) is 0.285. The molecule has 80 valence electrons. The Morgan fingerprint density at radius 1 is 1.29 bits per heavy atom. The van der Waals surface area contributed by atoms with E-state index in [9.17, 15) is 4.79 Å². The molecular formula is C11H18O3. The van der Waals surface area contributed by atoms with E-state index in [0.29, 0.717) is 6.61 Å². The minimum absolute atomic E-state index is 0.330. The van der Waals surface area contributed by atoms with Crippen LogP contribution in [-0.4, -0.2) is 12.6 Å². The Hall–Kier alpha value is -1.51. The summed E-state index contributed by atoms with van der Waals surface area (Å²) in [7, 11) is 0. The molecule has 3 nitrogen and oxygen atoms in total. The van der Waals surface area contributed by atoms with Gasteiger partial charge in [-0.3, -0.25) is 0 Å². The third kappa shape index (κ3) is 16.8. The highest BCUT2D eigenvalue weighted by atomic mass is 16.5. The topological polar surface area (TPSA) is 35.5 Å². The molecule has 0 aromatic heterocycles. The molecule has 14 heavy (non-hydrogen) atoms. The standard InChI is InChI=1S/C7H12O2.C4H6O/c1-3-5-6-9-7(8)4-2;1-3-5-4-2/h4H,2-3,5-6H2,1H3;3-4H,1-2H2. The van der Waals surface area contributed by atoms with Gasteiger partial charge in [-0.2, -0.15) is 0 Å². The summed E-state index contributed by atoms with van der Waals surface area (Å²) >= 11 is 0. The molecule has 0 amide bonds. The Morgan fingerprint density at radius 3 is 2.14 bits per heavy atom. The van der Waals surface area contributed by atoms with E-state index in [1.807, 2.05) is 6.92 Å². The van der Waals surface area contributed by atoms with E-state index in [1.54, 1.807) is 0 Å². The maximum absolute atomic E-state index is 10.3. The van der Waals surface area contributed by atoms with Gasteiger partial charge in [-0.15, -0.1) is 0 Å². The summed E-state index contributed by atoms with van der Waals surface area (Å²) in [6, 6.07) is 0. The normalized spacial score (nSPS) is 7.50. The fourth-order valence-electron chi connectivity index (χ4n) is 0.444. The van der Waals surface area contributed by atoms with Crippen LogP contribution < -0.4 is 0 Å². The van der Waals surface area contributed by atoms with Gasteiger partial charge in [0.05, 0.1) is 19.1 Å². The average Bonchev–Trinajstić information content (AvgIpc) is 2.20. The first-order valence-electron chi connectivity index (χ1n) is 4.39. The smallest absolute Gasteiger partial charge is 0.330 e. The van der Waals surface area contributed by atoms with E-state index in [0.717, 1.165) is 12.8 Å². The van der Waals surface area contributed by atoms with Crippen molar-refractivity contribution in [2.45, 2.75) is 19.8 Å². The molecule has 0 rings (SSSR count). The minimum Gasteiger partial charge on any atom is -0.474 e. The van der Waals surface area contributed by atoms with Crippen molar-refractivity contribution in [1.29, 1.82) is 0 Å². The van der Waals surface area contributed by atoms with Gasteiger partial charge in [-0.25, -0.2) is 4.79 Å². The summed E-state index contributed by atoms with van der Waals surface area (Å²) in [5, 5.41) is 0. The van der Waals surface area contributed by atoms with Gasteiger partial charge in [0, 0.05) is 6.08 Å². The molecule has 0 radical (unpaired) electrons. The second-order valence-corrected chi connectivity index (χ2v) is 2.19. The molecule has 0 saturated heterocycles. The van der Waals surface area contributed by atoms with Crippen molar-refractivity contribution in [2.75, 3.05) is 6.61 Å². The van der Waals surface area contributed by atoms with Crippen molar-refractivity contribution in [1.82, 2.24) is 0 Å². The predicted octanol–water partition coefficient (Wildman–Crippen LogP) is 2.81. The molecule has 0 atom stereocenters. The van der Waals surface area contributed by atoms with Gasteiger partial charge in [0.15, 0.2) is 0 Å². The number of carbonyl (C=O) groups is 1. The molecule has 0 saturated carbocycles. The zero-order valence-corrected chi connectivity index (χ0v) is 8.70. The fourth-order valence-corrected chi connectivity index (χ4v) is 0.444. The molecular weight excluding hydrogens is 180 g/mol. The molecule has 0 fully saturated rings. The van der Waals surface area contributed by atoms with E-state index < -0.39 is 0 Å². The number of unbranched alkanes of at least 4 members (excludes halogenated alkanes) is 1. The highest BCUT2D eigenvalue weighted by molar-refractivity contribution is 5.81. The summed E-state index contributed by atoms with van der Waals surface area (Å²) in [4.78, 5) is 10.3. The van der Waals surface area contributed by atoms with Gasteiger partial charge in [0.1, 0.15) is 0 Å². The van der Waals surface area contributed by atoms with Crippen LogP contribution in [0.15, 0.2) is 38.3 Å². The van der Waals surface area contributed by atoms with E-state index in [2.05, 4.69) is 29.2 Å². The summed E-state index contributed by atoms with van der Waals surface area (Å²) in [5.41, 5.74) is 0. The van der Waals surface area contributed by atoms with Gasteiger partial charge < -0.3 is 9.47 Å². The van der Waals surface area contributed by atoms with Crippen LogP contribution in [0.3, 0.4) is 0 Å². The Kier molecular flexibility index (Phi) is 15.0. The molecule has 0 heterocycles. The minimum atomic E-state index is -0.330. The van der Waals surface area contributed by atoms with E-state index >= 15 is 0 Å². The number of ether oxygens (including phenoxy) is 2. The fraction of sp³-hybridized carbons (Fsp3) is 0.364. The molecule has 0 aliphatic heterocycles. The van der Waals surface area contributed by atoms with Gasteiger partial charge in [0.2, 0.25) is 0 Å². The van der Waals surface area contributed by atoms with Crippen molar-refractivity contribution in [3.63, 3.8) is 0 Å². The third-order valence-corrected chi connectivity index (χ3v) is 1.10. The largest absolute Gasteiger partial charge is 0.474 e. The van der Waals surface area contributed by atoms with Crippen LogP contribution in [0.25, 0.3) is 0 Å². The predicted molar refractivity (Wildman–Crippen MR) is 57.5 cm³/mol. The lowest BCUT2D eigenvalue weighted by atomic mass is 10.4. The third-order valence-electron chi connectivity index (χ3n) is 1.10. The van der Waals surface area contributed by atoms with Crippen LogP contribution in [0, 0.1) is 0 Å². The van der Waals surface area contributed by atoms with E-state index in [-0.39, 0.29) is 5.97 Å². The van der Waals surface area contributed by atoms with Crippen molar-refractivity contribution >= 4 is 5.97 Å². The average molecular weight is 198 g/mol. The first-order chi connectivity index (χ1) is 6.72. The number of hydrogen-bond donors (Lipinski definition) is 0. The van der Waals surface area contributed by atoms with Crippen LogP contribution in [0.5, 0.6) is 0 Å². The van der Waals surface area contributed by atoms with E-state index in [1.165, 1.54) is 18.6 Å². The number of hydrogen-bond acceptors (Lipinski definition) is 3. The molecule has 0 N–H and O–H groups in total. The summed E-state index contributed by atoms with van der Waals surface area (Å²) in [6.07, 6.45) is 5.78. The first kappa shape index (κ1) is 15.0.